The minimum absolute atomic E-state index is 0.0365. The molecule has 172 valence electrons. The number of carbonyl (C=O) groups excluding carboxylic acids is 2. The third-order valence-corrected chi connectivity index (χ3v) is 6.14. The number of fused-ring (bicyclic) bond motifs is 1. The number of nitrogens with two attached hydrogens (primary N) is 1. The third kappa shape index (κ3) is 4.37. The van der Waals surface area contributed by atoms with Crippen molar-refractivity contribution in [1.29, 1.82) is 0 Å². The van der Waals surface area contributed by atoms with Crippen LogP contribution in [-0.4, -0.2) is 60.3 Å². The molecule has 2 atom stereocenters. The molecule has 1 aromatic carbocycles. The van der Waals surface area contributed by atoms with E-state index in [9.17, 15) is 9.59 Å². The van der Waals surface area contributed by atoms with Crippen molar-refractivity contribution in [3.05, 3.63) is 47.7 Å². The van der Waals surface area contributed by atoms with Crippen LogP contribution < -0.4 is 20.5 Å². The van der Waals surface area contributed by atoms with E-state index in [1.54, 1.807) is 37.3 Å². The molecular weight excluding hydrogens is 422 g/mol. The van der Waals surface area contributed by atoms with Gasteiger partial charge in [0.2, 0.25) is 5.91 Å². The molecule has 0 saturated carbocycles. The predicted molar refractivity (Wildman–Crippen MR) is 123 cm³/mol. The molecular formula is C24H27N5O4. The van der Waals surface area contributed by atoms with Gasteiger partial charge in [0.15, 0.2) is 5.69 Å². The molecule has 2 aliphatic heterocycles. The summed E-state index contributed by atoms with van der Waals surface area (Å²) in [5.74, 6) is 7.42. The number of aromatic nitrogens is 2. The maximum Gasteiger partial charge on any atom is 0.255 e. The number of benzene rings is 1. The van der Waals surface area contributed by atoms with Crippen molar-refractivity contribution in [3.8, 4) is 23.3 Å². The summed E-state index contributed by atoms with van der Waals surface area (Å²) in [7, 11) is 3.14. The highest BCUT2D eigenvalue weighted by Gasteiger charge is 2.37. The minimum atomic E-state index is -0.591. The molecule has 0 bridgehead atoms. The molecule has 2 amide bonds. The van der Waals surface area contributed by atoms with Crippen LogP contribution in [0.3, 0.4) is 0 Å². The van der Waals surface area contributed by atoms with Crippen molar-refractivity contribution in [2.45, 2.75) is 18.9 Å². The first-order chi connectivity index (χ1) is 15.9. The second-order valence-electron chi connectivity index (χ2n) is 8.05. The summed E-state index contributed by atoms with van der Waals surface area (Å²) >= 11 is 0. The molecule has 1 fully saturated rings. The maximum absolute atomic E-state index is 12.3. The number of nitrogens with zero attached hydrogens (tertiary/aromatic N) is 3. The van der Waals surface area contributed by atoms with Crippen molar-refractivity contribution in [2.75, 3.05) is 39.2 Å². The number of nitrogens with one attached hydrogen (secondary N) is 1. The Labute approximate surface area is 192 Å². The molecule has 4 rings (SSSR count). The lowest BCUT2D eigenvalue weighted by Gasteiger charge is -2.30. The van der Waals surface area contributed by atoms with E-state index >= 15 is 0 Å². The number of methoxy groups -OCH3 is 2. The van der Waals surface area contributed by atoms with Crippen molar-refractivity contribution < 1.29 is 19.1 Å². The predicted octanol–water partition coefficient (Wildman–Crippen LogP) is 1.79. The summed E-state index contributed by atoms with van der Waals surface area (Å²) in [6, 6.07) is 5.35. The molecule has 3 N–H and O–H groups in total. The molecule has 9 nitrogen and oxygen atoms in total. The first kappa shape index (κ1) is 22.3. The molecule has 9 heteroatoms. The van der Waals surface area contributed by atoms with Gasteiger partial charge in [-0.1, -0.05) is 12.5 Å². The molecule has 0 spiro atoms. The van der Waals surface area contributed by atoms with E-state index in [0.29, 0.717) is 48.2 Å². The monoisotopic (exact) mass is 449 g/mol. The Morgan fingerprint density at radius 1 is 1.21 bits per heavy atom. The van der Waals surface area contributed by atoms with Gasteiger partial charge in [0.05, 0.1) is 20.3 Å². The molecule has 0 radical (unpaired) electrons. The Morgan fingerprint density at radius 3 is 2.58 bits per heavy atom. The van der Waals surface area contributed by atoms with Crippen molar-refractivity contribution in [1.82, 2.24) is 14.7 Å². The third-order valence-electron chi connectivity index (χ3n) is 6.14. The lowest BCUT2D eigenvalue weighted by molar-refractivity contribution is -0.125. The van der Waals surface area contributed by atoms with E-state index in [-0.39, 0.29) is 23.4 Å². The van der Waals surface area contributed by atoms with Gasteiger partial charge in [-0.2, -0.15) is 5.10 Å². The van der Waals surface area contributed by atoms with Gasteiger partial charge < -0.3 is 25.4 Å². The summed E-state index contributed by atoms with van der Waals surface area (Å²) in [5, 5.41) is 7.94. The van der Waals surface area contributed by atoms with E-state index in [1.807, 2.05) is 4.68 Å². The average Bonchev–Trinajstić information content (AvgIpc) is 3.46. The highest BCUT2D eigenvalue weighted by atomic mass is 16.5. The van der Waals surface area contributed by atoms with Gasteiger partial charge in [-0.25, -0.2) is 4.68 Å². The van der Waals surface area contributed by atoms with Gasteiger partial charge in [-0.3, -0.25) is 9.59 Å². The second-order valence-corrected chi connectivity index (χ2v) is 8.05. The second kappa shape index (κ2) is 9.28. The van der Waals surface area contributed by atoms with Crippen LogP contribution in [0.1, 0.15) is 40.5 Å². The van der Waals surface area contributed by atoms with E-state index in [2.05, 4.69) is 28.8 Å². The topological polar surface area (TPSA) is 112 Å². The van der Waals surface area contributed by atoms with Crippen LogP contribution in [0, 0.1) is 17.8 Å². The van der Waals surface area contributed by atoms with Gasteiger partial charge in [0.1, 0.15) is 22.9 Å². The van der Waals surface area contributed by atoms with E-state index in [1.165, 1.54) is 6.08 Å². The smallest absolute Gasteiger partial charge is 0.255 e. The van der Waals surface area contributed by atoms with E-state index in [0.717, 1.165) is 12.8 Å². The molecule has 2 aromatic rings. The highest BCUT2D eigenvalue weighted by Crippen LogP contribution is 2.37. The molecule has 33 heavy (non-hydrogen) atoms. The Hall–Kier alpha value is -3.93. The SMILES string of the molecule is C=CC(=O)N1CC[C@H]([C@@H]2CCNc3c(C(N)=O)c(C#Cc4cc(OC)cc(OC)c4)nn32)C1. The van der Waals surface area contributed by atoms with Gasteiger partial charge in [-0.15, -0.1) is 0 Å². The van der Waals surface area contributed by atoms with Crippen LogP contribution in [0.4, 0.5) is 5.82 Å². The Morgan fingerprint density at radius 2 is 1.94 bits per heavy atom. The number of rotatable bonds is 5. The number of hydrogen-bond acceptors (Lipinski definition) is 6. The number of anilines is 1. The van der Waals surface area contributed by atoms with Gasteiger partial charge >= 0.3 is 0 Å². The molecule has 3 heterocycles. The van der Waals surface area contributed by atoms with Crippen LogP contribution in [0.25, 0.3) is 0 Å². The summed E-state index contributed by atoms with van der Waals surface area (Å²) < 4.78 is 12.4. The first-order valence-electron chi connectivity index (χ1n) is 10.8. The zero-order valence-corrected chi connectivity index (χ0v) is 18.8. The summed E-state index contributed by atoms with van der Waals surface area (Å²) in [4.78, 5) is 26.2. The van der Waals surface area contributed by atoms with Gasteiger partial charge in [0, 0.05) is 37.2 Å². The van der Waals surface area contributed by atoms with Crippen molar-refractivity contribution in [3.63, 3.8) is 0 Å². The van der Waals surface area contributed by atoms with Crippen LogP contribution in [0.15, 0.2) is 30.9 Å². The average molecular weight is 450 g/mol. The van der Waals surface area contributed by atoms with Gasteiger partial charge in [0.25, 0.3) is 5.91 Å². The molecule has 0 aliphatic carbocycles. The summed E-state index contributed by atoms with van der Waals surface area (Å²) in [6.45, 7) is 5.58. The number of likely N-dealkylation sites (tertiary alicyclic amines) is 1. The van der Waals surface area contributed by atoms with Crippen LogP contribution in [0.5, 0.6) is 11.5 Å². The number of primary amides is 1. The highest BCUT2D eigenvalue weighted by molar-refractivity contribution is 6.00. The molecule has 0 unspecified atom stereocenters. The first-order valence-corrected chi connectivity index (χ1v) is 10.8. The molecule has 1 aromatic heterocycles. The fourth-order valence-electron chi connectivity index (χ4n) is 4.50. The number of carbonyl (C=O) groups is 2. The van der Waals surface area contributed by atoms with Crippen LogP contribution in [0.2, 0.25) is 0 Å². The zero-order chi connectivity index (χ0) is 23.5. The number of amides is 2. The number of ether oxygens (including phenoxy) is 2. The lowest BCUT2D eigenvalue weighted by Crippen LogP contribution is -2.33. The van der Waals surface area contributed by atoms with Crippen molar-refractivity contribution >= 4 is 17.6 Å². The fraction of sp³-hybridized carbons (Fsp3) is 0.375. The molecule has 2 aliphatic rings. The Bertz CT molecular complexity index is 1140. The quantitative estimate of drug-likeness (QED) is 0.532. The number of hydrogen-bond donors (Lipinski definition) is 2. The van der Waals surface area contributed by atoms with E-state index in [4.69, 9.17) is 15.2 Å². The Balaban J connectivity index is 1.69. The lowest BCUT2D eigenvalue weighted by atomic mass is 9.95. The van der Waals surface area contributed by atoms with Crippen LogP contribution in [-0.2, 0) is 4.79 Å². The minimum Gasteiger partial charge on any atom is -0.497 e. The zero-order valence-electron chi connectivity index (χ0n) is 18.8. The van der Waals surface area contributed by atoms with Crippen molar-refractivity contribution in [2.24, 2.45) is 11.7 Å². The normalized spacial score (nSPS) is 19.0. The van der Waals surface area contributed by atoms with Gasteiger partial charge in [-0.05, 0) is 37.0 Å². The standard InChI is InChI=1S/C24H27N5O4/c1-4-21(30)28-10-8-16(14-28)20-7-9-26-24-22(23(25)31)19(27-29(20)24)6-5-15-11-17(32-2)13-18(12-15)33-3/h4,11-13,16,20,26H,1,7-10,14H2,2-3H3,(H2,25,31)/t16-,20-/m0/s1. The molecule has 1 saturated heterocycles. The summed E-state index contributed by atoms with van der Waals surface area (Å²) in [6.07, 6.45) is 3.03. The van der Waals surface area contributed by atoms with Crippen LogP contribution >= 0.6 is 0 Å². The Kier molecular flexibility index (Phi) is 6.27. The maximum atomic E-state index is 12.3. The fourth-order valence-corrected chi connectivity index (χ4v) is 4.50. The largest absolute Gasteiger partial charge is 0.497 e. The summed E-state index contributed by atoms with van der Waals surface area (Å²) in [5.41, 5.74) is 6.97. The van der Waals surface area contributed by atoms with E-state index < -0.39 is 5.91 Å².